The number of ketones is 1. The number of Topliss-reactive ketones (excluding diaryl/α,β-unsaturated/α-hetero) is 1. The molecule has 1 unspecified atom stereocenters. The molecular formula is C24H15N3O4. The molecule has 7 heteroatoms. The van der Waals surface area contributed by atoms with Crippen molar-refractivity contribution in [3.8, 4) is 0 Å². The minimum Gasteiger partial charge on any atom is -0.440 e. The van der Waals surface area contributed by atoms with Gasteiger partial charge in [-0.2, -0.15) is 0 Å². The zero-order chi connectivity index (χ0) is 21.5. The largest absolute Gasteiger partial charge is 0.440 e. The molecule has 0 saturated heterocycles. The molecule has 0 aromatic heterocycles. The van der Waals surface area contributed by atoms with Crippen molar-refractivity contribution in [3.63, 3.8) is 0 Å². The van der Waals surface area contributed by atoms with Crippen LogP contribution in [0, 0.1) is 0 Å². The number of hydrogen-bond donors (Lipinski definition) is 3. The fourth-order valence-electron chi connectivity index (χ4n) is 5.07. The summed E-state index contributed by atoms with van der Waals surface area (Å²) in [4.78, 5) is 40.1. The number of nitrogens with two attached hydrogens (primary N) is 2. The average molecular weight is 409 g/mol. The molecule has 31 heavy (non-hydrogen) atoms. The number of hydrogen-bond acceptors (Lipinski definition) is 5. The Labute approximate surface area is 176 Å². The van der Waals surface area contributed by atoms with Gasteiger partial charge in [-0.3, -0.25) is 14.4 Å². The van der Waals surface area contributed by atoms with Gasteiger partial charge in [-0.25, -0.2) is 0 Å². The van der Waals surface area contributed by atoms with E-state index in [1.54, 1.807) is 36.4 Å². The molecule has 0 bridgehead atoms. The van der Waals surface area contributed by atoms with E-state index in [2.05, 4.69) is 5.32 Å². The first-order chi connectivity index (χ1) is 15.0. The van der Waals surface area contributed by atoms with E-state index in [-0.39, 0.29) is 22.8 Å². The molecule has 150 valence electrons. The summed E-state index contributed by atoms with van der Waals surface area (Å²) in [5.74, 6) is -2.02. The summed E-state index contributed by atoms with van der Waals surface area (Å²) in [6.07, 6.45) is 0. The Morgan fingerprint density at radius 1 is 0.935 bits per heavy atom. The van der Waals surface area contributed by atoms with Gasteiger partial charge in [0.2, 0.25) is 11.8 Å². The lowest BCUT2D eigenvalue weighted by Crippen LogP contribution is -2.49. The summed E-state index contributed by atoms with van der Waals surface area (Å²) in [5, 5.41) is 4.35. The molecule has 7 nitrogen and oxygen atoms in total. The van der Waals surface area contributed by atoms with E-state index in [1.165, 1.54) is 0 Å². The molecule has 1 aliphatic carbocycles. The standard InChI is InChI=1S/C24H15N3O4/c25-21(29)18-22(26)31-20-13-8-4-6-11-5-3-7-12(16(11)13)19(28)17(20)24(18)14-9-1-2-10-15(14)27-23(24)30/h1-10H,26H2,(H2,25,29)(H,27,30). The predicted molar refractivity (Wildman–Crippen MR) is 113 cm³/mol. The molecule has 2 heterocycles. The maximum absolute atomic E-state index is 13.9. The predicted octanol–water partition coefficient (Wildman–Crippen LogP) is 2.32. The normalized spacial score (nSPS) is 21.2. The first-order valence-corrected chi connectivity index (χ1v) is 9.66. The second kappa shape index (κ2) is 5.60. The summed E-state index contributed by atoms with van der Waals surface area (Å²) in [7, 11) is 0. The molecular weight excluding hydrogens is 394 g/mol. The van der Waals surface area contributed by atoms with Gasteiger partial charge in [0, 0.05) is 27.8 Å². The molecule has 6 rings (SSSR count). The molecule has 2 amide bonds. The van der Waals surface area contributed by atoms with E-state index >= 15 is 0 Å². The topological polar surface area (TPSA) is 125 Å². The zero-order valence-electron chi connectivity index (χ0n) is 16.1. The van der Waals surface area contributed by atoms with Crippen LogP contribution < -0.4 is 16.8 Å². The van der Waals surface area contributed by atoms with Crippen molar-refractivity contribution in [1.29, 1.82) is 0 Å². The zero-order valence-corrected chi connectivity index (χ0v) is 16.1. The summed E-state index contributed by atoms with van der Waals surface area (Å²) >= 11 is 0. The Morgan fingerprint density at radius 3 is 2.39 bits per heavy atom. The van der Waals surface area contributed by atoms with Crippen LogP contribution in [0.4, 0.5) is 5.69 Å². The average Bonchev–Trinajstić information content (AvgIpc) is 3.03. The van der Waals surface area contributed by atoms with Crippen LogP contribution in [0.1, 0.15) is 21.5 Å². The minimum atomic E-state index is -1.80. The second-order valence-electron chi connectivity index (χ2n) is 7.70. The van der Waals surface area contributed by atoms with Crippen molar-refractivity contribution in [1.82, 2.24) is 0 Å². The molecule has 1 atom stereocenters. The van der Waals surface area contributed by atoms with Crippen LogP contribution in [0.2, 0.25) is 0 Å². The van der Waals surface area contributed by atoms with Crippen LogP contribution in [-0.2, 0) is 19.7 Å². The van der Waals surface area contributed by atoms with Gasteiger partial charge in [0.1, 0.15) is 16.7 Å². The molecule has 5 N–H and O–H groups in total. The van der Waals surface area contributed by atoms with Crippen molar-refractivity contribution in [3.05, 3.63) is 94.4 Å². The lowest BCUT2D eigenvalue weighted by atomic mass is 9.63. The van der Waals surface area contributed by atoms with Gasteiger partial charge in [0.25, 0.3) is 5.91 Å². The maximum atomic E-state index is 13.9. The quantitative estimate of drug-likeness (QED) is 0.569. The van der Waals surface area contributed by atoms with Crippen LogP contribution in [0.15, 0.2) is 77.7 Å². The first-order valence-electron chi connectivity index (χ1n) is 9.66. The van der Waals surface area contributed by atoms with Crippen molar-refractivity contribution in [2.45, 2.75) is 5.41 Å². The highest BCUT2D eigenvalue weighted by molar-refractivity contribution is 6.32. The molecule has 0 fully saturated rings. The number of carbonyl (C=O) groups excluding carboxylic acids is 3. The van der Waals surface area contributed by atoms with Crippen LogP contribution >= 0.6 is 0 Å². The van der Waals surface area contributed by atoms with Gasteiger partial charge in [-0.05, 0) is 11.5 Å². The molecule has 3 aromatic rings. The Balaban J connectivity index is 1.81. The highest BCUT2D eigenvalue weighted by Crippen LogP contribution is 2.56. The number of anilines is 1. The third-order valence-electron chi connectivity index (χ3n) is 6.22. The van der Waals surface area contributed by atoms with E-state index in [9.17, 15) is 14.4 Å². The van der Waals surface area contributed by atoms with Gasteiger partial charge in [-0.15, -0.1) is 0 Å². The van der Waals surface area contributed by atoms with Crippen LogP contribution in [0.5, 0.6) is 0 Å². The number of para-hydroxylation sites is 1. The van der Waals surface area contributed by atoms with Gasteiger partial charge in [0.15, 0.2) is 5.78 Å². The smallest absolute Gasteiger partial charge is 0.251 e. The highest BCUT2D eigenvalue weighted by Gasteiger charge is 2.61. The van der Waals surface area contributed by atoms with E-state index in [1.807, 2.05) is 24.3 Å². The number of amides is 2. The molecule has 3 aromatic carbocycles. The summed E-state index contributed by atoms with van der Waals surface area (Å²) in [6, 6.07) is 17.8. The highest BCUT2D eigenvalue weighted by atomic mass is 16.5. The number of rotatable bonds is 1. The molecule has 3 aliphatic rings. The third-order valence-corrected chi connectivity index (χ3v) is 6.22. The van der Waals surface area contributed by atoms with E-state index in [0.717, 1.165) is 5.39 Å². The van der Waals surface area contributed by atoms with E-state index in [0.29, 0.717) is 27.8 Å². The number of carbonyl (C=O) groups is 3. The fraction of sp³-hybridized carbons (Fsp3) is 0.0417. The van der Waals surface area contributed by atoms with Gasteiger partial charge >= 0.3 is 0 Å². The van der Waals surface area contributed by atoms with E-state index < -0.39 is 23.0 Å². The fourth-order valence-corrected chi connectivity index (χ4v) is 5.07. The van der Waals surface area contributed by atoms with Gasteiger partial charge in [-0.1, -0.05) is 54.6 Å². The van der Waals surface area contributed by atoms with Crippen LogP contribution in [0.25, 0.3) is 16.5 Å². The number of ether oxygens (including phenoxy) is 1. The summed E-state index contributed by atoms with van der Waals surface area (Å²) < 4.78 is 5.87. The number of primary amides is 1. The van der Waals surface area contributed by atoms with E-state index in [4.69, 9.17) is 16.2 Å². The Bertz CT molecular complexity index is 1460. The SMILES string of the molecule is NC(=O)C1=C(N)OC2=C(C(=O)c3cccc4cccc2c34)C12C(=O)Nc1ccccc12. The van der Waals surface area contributed by atoms with Crippen LogP contribution in [-0.4, -0.2) is 17.6 Å². The third kappa shape index (κ3) is 1.90. The van der Waals surface area contributed by atoms with Crippen LogP contribution in [0.3, 0.4) is 0 Å². The van der Waals surface area contributed by atoms with Crippen molar-refractivity contribution in [2.24, 2.45) is 11.5 Å². The van der Waals surface area contributed by atoms with Gasteiger partial charge < -0.3 is 21.5 Å². The summed E-state index contributed by atoms with van der Waals surface area (Å²) in [6.45, 7) is 0. The van der Waals surface area contributed by atoms with Crippen molar-refractivity contribution < 1.29 is 19.1 Å². The first kappa shape index (κ1) is 17.5. The Kier molecular flexibility index (Phi) is 3.16. The molecule has 1 spiro atoms. The molecule has 0 saturated carbocycles. The summed E-state index contributed by atoms with van der Waals surface area (Å²) in [5.41, 5.74) is 11.9. The number of fused-ring (bicyclic) bond motifs is 4. The number of nitrogens with one attached hydrogen (secondary N) is 1. The number of benzene rings is 3. The maximum Gasteiger partial charge on any atom is 0.251 e. The molecule has 2 aliphatic heterocycles. The lowest BCUT2D eigenvalue weighted by Gasteiger charge is -2.38. The van der Waals surface area contributed by atoms with Crippen molar-refractivity contribution >= 4 is 39.8 Å². The van der Waals surface area contributed by atoms with Gasteiger partial charge in [0.05, 0.1) is 5.57 Å². The second-order valence-corrected chi connectivity index (χ2v) is 7.70. The lowest BCUT2D eigenvalue weighted by molar-refractivity contribution is -0.122. The molecule has 0 radical (unpaired) electrons. The monoisotopic (exact) mass is 409 g/mol. The Morgan fingerprint density at radius 2 is 1.65 bits per heavy atom. The van der Waals surface area contributed by atoms with Crippen molar-refractivity contribution in [2.75, 3.05) is 5.32 Å². The Hall–Kier alpha value is -4.39. The minimum absolute atomic E-state index is 0.0455.